The van der Waals surface area contributed by atoms with Crippen molar-refractivity contribution in [3.05, 3.63) is 27.9 Å². The molecule has 0 unspecified atom stereocenters. The Bertz CT molecular complexity index is 333. The number of aromatic carboxylic acids is 1. The Morgan fingerprint density at radius 3 is 2.92 bits per heavy atom. The summed E-state index contributed by atoms with van der Waals surface area (Å²) in [7, 11) is 0. The van der Waals surface area contributed by atoms with Crippen LogP contribution in [0, 0.1) is 0 Å². The quantitative estimate of drug-likeness (QED) is 0.813. The zero-order valence-electron chi connectivity index (χ0n) is 6.62. The van der Waals surface area contributed by atoms with Crippen LogP contribution in [0.15, 0.2) is 28.0 Å². The maximum absolute atomic E-state index is 10.5. The van der Waals surface area contributed by atoms with Crippen molar-refractivity contribution in [2.45, 2.75) is 4.90 Å². The minimum Gasteiger partial charge on any atom is -0.477 e. The lowest BCUT2D eigenvalue weighted by atomic mass is 10.5. The van der Waals surface area contributed by atoms with Crippen molar-refractivity contribution in [2.75, 3.05) is 5.75 Å². The molecule has 1 heterocycles. The normalized spacial score (nSPS) is 9.92. The highest BCUT2D eigenvalue weighted by atomic mass is 35.5. The summed E-state index contributed by atoms with van der Waals surface area (Å²) < 4.78 is 0. The summed E-state index contributed by atoms with van der Waals surface area (Å²) in [6.07, 6.45) is 0. The Kier molecular flexibility index (Phi) is 3.84. The zero-order valence-corrected chi connectivity index (χ0v) is 9.01. The highest BCUT2D eigenvalue weighted by Gasteiger charge is 2.06. The standard InChI is InChI=1S/C8H7ClO2S2/c1-5(9)3-12-6-2-7(8(10)11)13-4-6/h2,4H,1,3H2,(H,10,11). The van der Waals surface area contributed by atoms with Crippen molar-refractivity contribution in [3.63, 3.8) is 0 Å². The SMILES string of the molecule is C=C(Cl)CSc1csc(C(=O)O)c1. The van der Waals surface area contributed by atoms with Crippen LogP contribution in [0.5, 0.6) is 0 Å². The van der Waals surface area contributed by atoms with E-state index in [0.29, 0.717) is 15.7 Å². The minimum atomic E-state index is -0.887. The molecule has 0 aromatic carbocycles. The Morgan fingerprint density at radius 2 is 2.46 bits per heavy atom. The topological polar surface area (TPSA) is 37.3 Å². The van der Waals surface area contributed by atoms with E-state index in [1.54, 1.807) is 11.4 Å². The molecule has 0 aliphatic carbocycles. The Balaban J connectivity index is 2.59. The molecule has 0 amide bonds. The fraction of sp³-hybridized carbons (Fsp3) is 0.125. The lowest BCUT2D eigenvalue weighted by Crippen LogP contribution is -1.89. The first-order valence-electron chi connectivity index (χ1n) is 3.37. The molecule has 0 atom stereocenters. The van der Waals surface area contributed by atoms with Gasteiger partial charge in [0.2, 0.25) is 0 Å². The first kappa shape index (κ1) is 10.6. The summed E-state index contributed by atoms with van der Waals surface area (Å²) >= 11 is 8.27. The summed E-state index contributed by atoms with van der Waals surface area (Å²) in [4.78, 5) is 11.8. The van der Waals surface area contributed by atoms with Gasteiger partial charge in [0.05, 0.1) is 0 Å². The molecule has 1 aromatic rings. The van der Waals surface area contributed by atoms with Gasteiger partial charge >= 0.3 is 5.97 Å². The van der Waals surface area contributed by atoms with Gasteiger partial charge in [-0.3, -0.25) is 0 Å². The van der Waals surface area contributed by atoms with Gasteiger partial charge in [0.1, 0.15) is 4.88 Å². The van der Waals surface area contributed by atoms with E-state index in [2.05, 4.69) is 6.58 Å². The van der Waals surface area contributed by atoms with Gasteiger partial charge in [-0.05, 0) is 6.07 Å². The Labute approximate surface area is 89.2 Å². The predicted octanol–water partition coefficient (Wildman–Crippen LogP) is 3.29. The third-order valence-electron chi connectivity index (χ3n) is 1.18. The molecule has 0 saturated carbocycles. The predicted molar refractivity (Wildman–Crippen MR) is 57.0 cm³/mol. The van der Waals surface area contributed by atoms with Crippen LogP contribution >= 0.6 is 34.7 Å². The van der Waals surface area contributed by atoms with Crippen molar-refractivity contribution in [3.8, 4) is 0 Å². The summed E-state index contributed by atoms with van der Waals surface area (Å²) in [5, 5.41) is 11.0. The lowest BCUT2D eigenvalue weighted by molar-refractivity contribution is 0.0702. The second kappa shape index (κ2) is 4.69. The van der Waals surface area contributed by atoms with Crippen LogP contribution in [-0.2, 0) is 0 Å². The number of carbonyl (C=O) groups is 1. The fourth-order valence-corrected chi connectivity index (χ4v) is 2.45. The lowest BCUT2D eigenvalue weighted by Gasteiger charge is -1.93. The molecule has 0 spiro atoms. The average Bonchev–Trinajstić information content (AvgIpc) is 2.48. The van der Waals surface area contributed by atoms with Crippen molar-refractivity contribution in [1.29, 1.82) is 0 Å². The van der Waals surface area contributed by atoms with Gasteiger partial charge in [0.25, 0.3) is 0 Å². The Morgan fingerprint density at radius 1 is 1.77 bits per heavy atom. The monoisotopic (exact) mass is 234 g/mol. The van der Waals surface area contributed by atoms with E-state index in [9.17, 15) is 4.79 Å². The van der Waals surface area contributed by atoms with Crippen LogP contribution in [0.3, 0.4) is 0 Å². The maximum atomic E-state index is 10.5. The third-order valence-corrected chi connectivity index (χ3v) is 3.60. The molecule has 0 fully saturated rings. The summed E-state index contributed by atoms with van der Waals surface area (Å²) in [6.45, 7) is 3.54. The van der Waals surface area contributed by atoms with E-state index in [0.717, 1.165) is 4.90 Å². The van der Waals surface area contributed by atoms with Crippen LogP contribution in [0.2, 0.25) is 0 Å². The highest BCUT2D eigenvalue weighted by molar-refractivity contribution is 7.99. The smallest absolute Gasteiger partial charge is 0.345 e. The molecule has 1 N–H and O–H groups in total. The molecule has 13 heavy (non-hydrogen) atoms. The van der Waals surface area contributed by atoms with Gasteiger partial charge in [-0.1, -0.05) is 18.2 Å². The van der Waals surface area contributed by atoms with Gasteiger partial charge < -0.3 is 5.11 Å². The molecule has 1 rings (SSSR count). The molecular weight excluding hydrogens is 228 g/mol. The molecule has 70 valence electrons. The molecular formula is C8H7ClO2S2. The molecule has 5 heteroatoms. The van der Waals surface area contributed by atoms with Crippen molar-refractivity contribution >= 4 is 40.7 Å². The van der Waals surface area contributed by atoms with Crippen LogP contribution in [0.25, 0.3) is 0 Å². The second-order valence-electron chi connectivity index (χ2n) is 2.26. The summed E-state index contributed by atoms with van der Waals surface area (Å²) in [5.74, 6) is -0.279. The van der Waals surface area contributed by atoms with Crippen LogP contribution in [-0.4, -0.2) is 16.8 Å². The summed E-state index contributed by atoms with van der Waals surface area (Å²) in [5.41, 5.74) is 0. The number of hydrogen-bond donors (Lipinski definition) is 1. The largest absolute Gasteiger partial charge is 0.477 e. The molecule has 0 radical (unpaired) electrons. The van der Waals surface area contributed by atoms with Crippen LogP contribution in [0.1, 0.15) is 9.67 Å². The molecule has 0 saturated heterocycles. The van der Waals surface area contributed by atoms with Crippen molar-refractivity contribution in [2.24, 2.45) is 0 Å². The maximum Gasteiger partial charge on any atom is 0.345 e. The molecule has 0 aliphatic rings. The van der Waals surface area contributed by atoms with Crippen LogP contribution < -0.4 is 0 Å². The number of carboxylic acid groups (broad SMARTS) is 1. The number of halogens is 1. The minimum absolute atomic E-state index is 0.350. The Hall–Kier alpha value is -0.450. The first-order valence-corrected chi connectivity index (χ1v) is 5.62. The number of carboxylic acids is 1. The number of hydrogen-bond acceptors (Lipinski definition) is 3. The van der Waals surface area contributed by atoms with E-state index in [1.165, 1.54) is 23.1 Å². The third kappa shape index (κ3) is 3.42. The van der Waals surface area contributed by atoms with Gasteiger partial charge in [-0.2, -0.15) is 0 Å². The zero-order chi connectivity index (χ0) is 9.84. The van der Waals surface area contributed by atoms with Crippen molar-refractivity contribution < 1.29 is 9.90 Å². The second-order valence-corrected chi connectivity index (χ2v) is 4.75. The van der Waals surface area contributed by atoms with E-state index in [1.807, 2.05) is 0 Å². The van der Waals surface area contributed by atoms with E-state index in [-0.39, 0.29) is 0 Å². The van der Waals surface area contributed by atoms with E-state index in [4.69, 9.17) is 16.7 Å². The molecule has 1 aromatic heterocycles. The highest BCUT2D eigenvalue weighted by Crippen LogP contribution is 2.26. The molecule has 0 bridgehead atoms. The van der Waals surface area contributed by atoms with E-state index >= 15 is 0 Å². The number of thiophene rings is 1. The fourth-order valence-electron chi connectivity index (χ4n) is 0.668. The average molecular weight is 235 g/mol. The van der Waals surface area contributed by atoms with E-state index < -0.39 is 5.97 Å². The number of rotatable bonds is 4. The van der Waals surface area contributed by atoms with Gasteiger partial charge in [0, 0.05) is 21.1 Å². The van der Waals surface area contributed by atoms with Gasteiger partial charge in [0.15, 0.2) is 0 Å². The molecule has 0 aliphatic heterocycles. The molecule has 2 nitrogen and oxygen atoms in total. The summed E-state index contributed by atoms with van der Waals surface area (Å²) in [6, 6.07) is 1.64. The first-order chi connectivity index (χ1) is 6.09. The van der Waals surface area contributed by atoms with Crippen molar-refractivity contribution in [1.82, 2.24) is 0 Å². The van der Waals surface area contributed by atoms with Gasteiger partial charge in [-0.15, -0.1) is 23.1 Å². The number of thioether (sulfide) groups is 1. The van der Waals surface area contributed by atoms with Gasteiger partial charge in [-0.25, -0.2) is 4.79 Å². The van der Waals surface area contributed by atoms with Crippen LogP contribution in [0.4, 0.5) is 0 Å².